The van der Waals surface area contributed by atoms with Gasteiger partial charge in [-0.05, 0) is 18.6 Å². The maximum absolute atomic E-state index is 12.2. The number of hydrogen-bond donors (Lipinski definition) is 2. The molecule has 6 heteroatoms. The van der Waals surface area contributed by atoms with Gasteiger partial charge in [0.15, 0.2) is 11.5 Å². The lowest BCUT2D eigenvalue weighted by atomic mass is 10.1. The fourth-order valence-electron chi connectivity index (χ4n) is 2.29. The average molecular weight is 318 g/mol. The highest BCUT2D eigenvalue weighted by Crippen LogP contribution is 2.30. The molecule has 6 nitrogen and oxygen atoms in total. The van der Waals surface area contributed by atoms with Gasteiger partial charge in [0.25, 0.3) is 5.56 Å². The summed E-state index contributed by atoms with van der Waals surface area (Å²) in [6, 6.07) is 5.37. The standard InChI is InChI=1S/C17H22N2O4/c1-10(2)16(20)18-6-5-11-7-12-8-14(22-3)15(23-4)9-13(12)19-17(11)21/h7-10H,5-6H2,1-4H3,(H,18,20)(H,19,21). The Balaban J connectivity index is 2.26. The molecule has 23 heavy (non-hydrogen) atoms. The molecule has 1 aromatic carbocycles. The first-order valence-electron chi connectivity index (χ1n) is 7.52. The van der Waals surface area contributed by atoms with Crippen molar-refractivity contribution in [3.05, 3.63) is 34.1 Å². The van der Waals surface area contributed by atoms with Gasteiger partial charge in [0, 0.05) is 29.5 Å². The largest absolute Gasteiger partial charge is 0.493 e. The van der Waals surface area contributed by atoms with E-state index in [4.69, 9.17) is 9.47 Å². The number of hydrogen-bond acceptors (Lipinski definition) is 4. The molecule has 2 N–H and O–H groups in total. The van der Waals surface area contributed by atoms with Gasteiger partial charge >= 0.3 is 0 Å². The molecule has 0 radical (unpaired) electrons. The first kappa shape index (κ1) is 16.9. The number of nitrogens with one attached hydrogen (secondary N) is 2. The van der Waals surface area contributed by atoms with Crippen LogP contribution in [0, 0.1) is 5.92 Å². The molecule has 0 atom stereocenters. The summed E-state index contributed by atoms with van der Waals surface area (Å²) in [5.41, 5.74) is 1.14. The molecule has 0 bridgehead atoms. The quantitative estimate of drug-likeness (QED) is 0.852. The predicted octanol–water partition coefficient (Wildman–Crippen LogP) is 1.86. The summed E-state index contributed by atoms with van der Waals surface area (Å²) < 4.78 is 10.5. The summed E-state index contributed by atoms with van der Waals surface area (Å²) in [7, 11) is 3.12. The number of aromatic amines is 1. The second kappa shape index (κ2) is 7.17. The van der Waals surface area contributed by atoms with E-state index in [9.17, 15) is 9.59 Å². The third kappa shape index (κ3) is 3.83. The number of fused-ring (bicyclic) bond motifs is 1. The summed E-state index contributed by atoms with van der Waals surface area (Å²) in [6.45, 7) is 4.09. The molecule has 0 spiro atoms. The smallest absolute Gasteiger partial charge is 0.251 e. The second-order valence-electron chi connectivity index (χ2n) is 5.61. The molecule has 0 unspecified atom stereocenters. The molecule has 0 aliphatic carbocycles. The Morgan fingerprint density at radius 3 is 2.43 bits per heavy atom. The number of H-pyrrole nitrogens is 1. The number of rotatable bonds is 6. The van der Waals surface area contributed by atoms with Gasteiger partial charge in [0.05, 0.1) is 19.7 Å². The Morgan fingerprint density at radius 1 is 1.17 bits per heavy atom. The van der Waals surface area contributed by atoms with Crippen molar-refractivity contribution in [2.45, 2.75) is 20.3 Å². The molecule has 2 aromatic rings. The van der Waals surface area contributed by atoms with Crippen molar-refractivity contribution in [2.75, 3.05) is 20.8 Å². The molecule has 1 heterocycles. The van der Waals surface area contributed by atoms with Crippen LogP contribution in [-0.2, 0) is 11.2 Å². The number of ether oxygens (including phenoxy) is 2. The molecule has 0 aliphatic heterocycles. The highest BCUT2D eigenvalue weighted by Gasteiger charge is 2.10. The van der Waals surface area contributed by atoms with Gasteiger partial charge in [-0.15, -0.1) is 0 Å². The number of pyridine rings is 1. The van der Waals surface area contributed by atoms with Crippen molar-refractivity contribution in [2.24, 2.45) is 5.92 Å². The Bertz CT molecular complexity index is 765. The molecule has 124 valence electrons. The lowest BCUT2D eigenvalue weighted by Gasteiger charge is -2.10. The Kier molecular flexibility index (Phi) is 5.26. The van der Waals surface area contributed by atoms with Crippen molar-refractivity contribution in [3.63, 3.8) is 0 Å². The van der Waals surface area contributed by atoms with Gasteiger partial charge in [-0.25, -0.2) is 0 Å². The van der Waals surface area contributed by atoms with Crippen LogP contribution in [0.5, 0.6) is 11.5 Å². The van der Waals surface area contributed by atoms with Crippen LogP contribution in [0.3, 0.4) is 0 Å². The van der Waals surface area contributed by atoms with Gasteiger partial charge < -0.3 is 19.8 Å². The molecule has 1 amide bonds. The minimum atomic E-state index is -0.163. The monoisotopic (exact) mass is 318 g/mol. The lowest BCUT2D eigenvalue weighted by molar-refractivity contribution is -0.123. The van der Waals surface area contributed by atoms with Gasteiger partial charge in [0.1, 0.15) is 0 Å². The maximum atomic E-state index is 12.2. The third-order valence-corrected chi connectivity index (χ3v) is 3.64. The molecule has 0 saturated carbocycles. The molecule has 0 aliphatic rings. The lowest BCUT2D eigenvalue weighted by Crippen LogP contribution is -2.30. The van der Waals surface area contributed by atoms with Gasteiger partial charge in [0.2, 0.25) is 5.91 Å². The van der Waals surface area contributed by atoms with E-state index in [1.54, 1.807) is 20.3 Å². The summed E-state index contributed by atoms with van der Waals surface area (Å²) >= 11 is 0. The minimum Gasteiger partial charge on any atom is -0.493 e. The van der Waals surface area contributed by atoms with Crippen molar-refractivity contribution in [1.82, 2.24) is 10.3 Å². The van der Waals surface area contributed by atoms with Crippen LogP contribution in [0.1, 0.15) is 19.4 Å². The van der Waals surface area contributed by atoms with Gasteiger partial charge in [-0.2, -0.15) is 0 Å². The van der Waals surface area contributed by atoms with Crippen LogP contribution in [0.4, 0.5) is 0 Å². The van der Waals surface area contributed by atoms with E-state index in [1.165, 1.54) is 0 Å². The first-order chi connectivity index (χ1) is 11.0. The Morgan fingerprint density at radius 2 is 1.83 bits per heavy atom. The molecule has 0 saturated heterocycles. The zero-order valence-electron chi connectivity index (χ0n) is 13.9. The summed E-state index contributed by atoms with van der Waals surface area (Å²) in [4.78, 5) is 26.6. The molecule has 2 rings (SSSR count). The number of carbonyl (C=O) groups is 1. The van der Waals surface area contributed by atoms with Crippen molar-refractivity contribution < 1.29 is 14.3 Å². The van der Waals surface area contributed by atoms with Crippen LogP contribution < -0.4 is 20.3 Å². The van der Waals surface area contributed by atoms with Crippen LogP contribution in [0.25, 0.3) is 10.9 Å². The van der Waals surface area contributed by atoms with E-state index < -0.39 is 0 Å². The topological polar surface area (TPSA) is 80.4 Å². The second-order valence-corrected chi connectivity index (χ2v) is 5.61. The number of carbonyl (C=O) groups excluding carboxylic acids is 1. The zero-order chi connectivity index (χ0) is 17.0. The highest BCUT2D eigenvalue weighted by atomic mass is 16.5. The van der Waals surface area contributed by atoms with Crippen molar-refractivity contribution in [1.29, 1.82) is 0 Å². The van der Waals surface area contributed by atoms with Crippen molar-refractivity contribution >= 4 is 16.8 Å². The van der Waals surface area contributed by atoms with Crippen LogP contribution >= 0.6 is 0 Å². The Hall–Kier alpha value is -2.50. The number of amides is 1. The van der Waals surface area contributed by atoms with Gasteiger partial charge in [-0.1, -0.05) is 13.8 Å². The minimum absolute atomic E-state index is 0.0198. The third-order valence-electron chi connectivity index (χ3n) is 3.64. The molecular formula is C17H22N2O4. The number of aromatic nitrogens is 1. The predicted molar refractivity (Wildman–Crippen MR) is 89.2 cm³/mol. The average Bonchev–Trinajstić information content (AvgIpc) is 2.53. The van der Waals surface area contributed by atoms with Gasteiger partial charge in [-0.3, -0.25) is 9.59 Å². The summed E-state index contributed by atoms with van der Waals surface area (Å²) in [6.07, 6.45) is 0.470. The number of benzene rings is 1. The van der Waals surface area contributed by atoms with E-state index in [2.05, 4.69) is 10.3 Å². The SMILES string of the molecule is COc1cc2cc(CCNC(=O)C(C)C)c(=O)[nH]c2cc1OC. The van der Waals surface area contributed by atoms with Crippen molar-refractivity contribution in [3.8, 4) is 11.5 Å². The van der Waals surface area contributed by atoms with E-state index in [0.29, 0.717) is 35.5 Å². The fourth-order valence-corrected chi connectivity index (χ4v) is 2.29. The molecule has 1 aromatic heterocycles. The zero-order valence-corrected chi connectivity index (χ0v) is 13.9. The highest BCUT2D eigenvalue weighted by molar-refractivity contribution is 5.83. The molecular weight excluding hydrogens is 296 g/mol. The Labute approximate surface area is 134 Å². The maximum Gasteiger partial charge on any atom is 0.251 e. The van der Waals surface area contributed by atoms with E-state index >= 15 is 0 Å². The molecule has 0 fully saturated rings. The first-order valence-corrected chi connectivity index (χ1v) is 7.52. The van der Waals surface area contributed by atoms with Crippen LogP contribution in [0.2, 0.25) is 0 Å². The van der Waals surface area contributed by atoms with E-state index in [-0.39, 0.29) is 17.4 Å². The normalized spacial score (nSPS) is 10.8. The van der Waals surface area contributed by atoms with Crippen LogP contribution in [-0.4, -0.2) is 31.7 Å². The fraction of sp³-hybridized carbons (Fsp3) is 0.412. The van der Waals surface area contributed by atoms with E-state index in [0.717, 1.165) is 5.39 Å². The number of methoxy groups -OCH3 is 2. The summed E-state index contributed by atoms with van der Waals surface area (Å²) in [5.74, 6) is 1.08. The van der Waals surface area contributed by atoms with E-state index in [1.807, 2.05) is 26.0 Å². The summed E-state index contributed by atoms with van der Waals surface area (Å²) in [5, 5.41) is 3.66. The van der Waals surface area contributed by atoms with Crippen LogP contribution in [0.15, 0.2) is 23.0 Å².